The molecule has 2 aromatic heterocycles. The van der Waals surface area contributed by atoms with Crippen molar-refractivity contribution in [3.05, 3.63) is 54.3 Å². The molecule has 0 aliphatic carbocycles. The molecule has 3 aromatic rings. The Morgan fingerprint density at radius 3 is 2.66 bits per heavy atom. The highest BCUT2D eigenvalue weighted by Gasteiger charge is 2.28. The van der Waals surface area contributed by atoms with Gasteiger partial charge in [0, 0.05) is 24.6 Å². The highest BCUT2D eigenvalue weighted by molar-refractivity contribution is 5.94. The molecule has 0 bridgehead atoms. The van der Waals surface area contributed by atoms with E-state index in [1.165, 1.54) is 0 Å². The van der Waals surface area contributed by atoms with Crippen molar-refractivity contribution in [2.24, 2.45) is 0 Å². The van der Waals surface area contributed by atoms with Gasteiger partial charge in [-0.3, -0.25) is 4.79 Å². The van der Waals surface area contributed by atoms with Gasteiger partial charge in [0.1, 0.15) is 12.0 Å². The summed E-state index contributed by atoms with van der Waals surface area (Å²) in [5.74, 6) is 2.11. The fraction of sp³-hybridized carbons (Fsp3) is 0.409. The molecule has 0 saturated carbocycles. The third-order valence-electron chi connectivity index (χ3n) is 5.21. The van der Waals surface area contributed by atoms with E-state index in [0.29, 0.717) is 37.0 Å². The number of hydrogen-bond donors (Lipinski definition) is 0. The van der Waals surface area contributed by atoms with Crippen LogP contribution in [0.4, 0.5) is 0 Å². The average molecular weight is 395 g/mol. The average Bonchev–Trinajstić information content (AvgIpc) is 3.46. The summed E-state index contributed by atoms with van der Waals surface area (Å²) in [6, 6.07) is 9.20. The monoisotopic (exact) mass is 395 g/mol. The second kappa shape index (κ2) is 8.94. The molecule has 1 amide bonds. The van der Waals surface area contributed by atoms with E-state index in [-0.39, 0.29) is 11.8 Å². The van der Waals surface area contributed by atoms with Gasteiger partial charge in [-0.15, -0.1) is 10.2 Å². The number of aromatic nitrogens is 2. The zero-order valence-corrected chi connectivity index (χ0v) is 16.5. The van der Waals surface area contributed by atoms with E-state index in [2.05, 4.69) is 17.1 Å². The summed E-state index contributed by atoms with van der Waals surface area (Å²) in [4.78, 5) is 14.7. The van der Waals surface area contributed by atoms with Crippen LogP contribution >= 0.6 is 0 Å². The zero-order valence-electron chi connectivity index (χ0n) is 16.5. The van der Waals surface area contributed by atoms with Crippen molar-refractivity contribution in [3.63, 3.8) is 0 Å². The summed E-state index contributed by atoms with van der Waals surface area (Å²) in [6.07, 6.45) is 6.89. The van der Waals surface area contributed by atoms with E-state index in [9.17, 15) is 4.79 Å². The zero-order chi connectivity index (χ0) is 20.1. The van der Waals surface area contributed by atoms with Gasteiger partial charge in [-0.25, -0.2) is 0 Å². The van der Waals surface area contributed by atoms with Gasteiger partial charge in [-0.2, -0.15) is 0 Å². The molecule has 0 N–H and O–H groups in total. The number of piperidine rings is 1. The normalized spacial score (nSPS) is 14.9. The lowest BCUT2D eigenvalue weighted by atomic mass is 9.96. The van der Waals surface area contributed by atoms with Crippen LogP contribution in [0.3, 0.4) is 0 Å². The molecule has 0 radical (unpaired) electrons. The molecule has 7 heteroatoms. The Balaban J connectivity index is 1.31. The second-order valence-electron chi connectivity index (χ2n) is 7.25. The number of likely N-dealkylation sites (tertiary alicyclic amines) is 1. The number of ether oxygens (including phenoxy) is 1. The first-order valence-corrected chi connectivity index (χ1v) is 10.1. The summed E-state index contributed by atoms with van der Waals surface area (Å²) in [5, 5.41) is 8.29. The van der Waals surface area contributed by atoms with Crippen molar-refractivity contribution in [2.45, 2.75) is 38.5 Å². The van der Waals surface area contributed by atoms with Gasteiger partial charge in [-0.05, 0) is 49.6 Å². The van der Waals surface area contributed by atoms with Crippen molar-refractivity contribution in [1.29, 1.82) is 0 Å². The molecule has 1 aliphatic heterocycles. The first kappa shape index (κ1) is 19.2. The fourth-order valence-electron chi connectivity index (χ4n) is 3.44. The van der Waals surface area contributed by atoms with Crippen LogP contribution in [-0.2, 0) is 0 Å². The molecular weight excluding hydrogens is 370 g/mol. The Hall–Kier alpha value is -3.09. The van der Waals surface area contributed by atoms with Crippen LogP contribution in [0.1, 0.15) is 54.8 Å². The Kier molecular flexibility index (Phi) is 5.93. The molecule has 1 fully saturated rings. The molecular formula is C22H25N3O4. The lowest BCUT2D eigenvalue weighted by Crippen LogP contribution is -2.38. The molecule has 3 heterocycles. The van der Waals surface area contributed by atoms with E-state index in [4.69, 9.17) is 13.6 Å². The lowest BCUT2D eigenvalue weighted by Gasteiger charge is -2.30. The predicted molar refractivity (Wildman–Crippen MR) is 107 cm³/mol. The van der Waals surface area contributed by atoms with Crippen molar-refractivity contribution in [3.8, 4) is 17.2 Å². The second-order valence-corrected chi connectivity index (χ2v) is 7.25. The SMILES string of the molecule is CCCCOc1ccc(C(=O)N2CCC(c3nnc(-c4ccoc4)o3)CC2)cc1. The van der Waals surface area contributed by atoms with Crippen molar-refractivity contribution >= 4 is 5.91 Å². The summed E-state index contributed by atoms with van der Waals surface area (Å²) >= 11 is 0. The summed E-state index contributed by atoms with van der Waals surface area (Å²) < 4.78 is 16.5. The predicted octanol–water partition coefficient (Wildman–Crippen LogP) is 4.53. The Morgan fingerprint density at radius 2 is 1.97 bits per heavy atom. The number of rotatable bonds is 7. The first-order valence-electron chi connectivity index (χ1n) is 10.1. The molecule has 0 spiro atoms. The minimum atomic E-state index is 0.0492. The van der Waals surface area contributed by atoms with Crippen LogP contribution in [0.15, 0.2) is 51.7 Å². The van der Waals surface area contributed by atoms with Gasteiger partial charge in [0.05, 0.1) is 18.4 Å². The van der Waals surface area contributed by atoms with Gasteiger partial charge < -0.3 is 18.5 Å². The highest BCUT2D eigenvalue weighted by atomic mass is 16.5. The van der Waals surface area contributed by atoms with E-state index < -0.39 is 0 Å². The maximum absolute atomic E-state index is 12.8. The van der Waals surface area contributed by atoms with Crippen molar-refractivity contribution in [2.75, 3.05) is 19.7 Å². The number of furan rings is 1. The highest BCUT2D eigenvalue weighted by Crippen LogP contribution is 2.30. The number of carbonyl (C=O) groups excluding carboxylic acids is 1. The Labute approximate surface area is 169 Å². The number of benzene rings is 1. The van der Waals surface area contributed by atoms with Crippen molar-refractivity contribution in [1.82, 2.24) is 15.1 Å². The smallest absolute Gasteiger partial charge is 0.253 e. The molecule has 29 heavy (non-hydrogen) atoms. The van der Waals surface area contributed by atoms with Crippen LogP contribution in [0.5, 0.6) is 5.75 Å². The molecule has 152 valence electrons. The molecule has 1 aliphatic rings. The van der Waals surface area contributed by atoms with Gasteiger partial charge in [0.2, 0.25) is 5.89 Å². The summed E-state index contributed by atoms with van der Waals surface area (Å²) in [7, 11) is 0. The quantitative estimate of drug-likeness (QED) is 0.547. The number of nitrogens with zero attached hydrogens (tertiary/aromatic N) is 3. The molecule has 1 aromatic carbocycles. The van der Waals surface area contributed by atoms with E-state index >= 15 is 0 Å². The Bertz CT molecular complexity index is 910. The maximum atomic E-state index is 12.8. The number of hydrogen-bond acceptors (Lipinski definition) is 6. The van der Waals surface area contributed by atoms with Crippen LogP contribution in [0, 0.1) is 0 Å². The molecule has 0 unspecified atom stereocenters. The standard InChI is InChI=1S/C22H25N3O4/c1-2-3-13-28-19-6-4-17(5-7-19)22(26)25-11-8-16(9-12-25)20-23-24-21(29-20)18-10-14-27-15-18/h4-7,10,14-16H,2-3,8-9,11-13H2,1H3. The largest absolute Gasteiger partial charge is 0.494 e. The van der Waals surface area contributed by atoms with E-state index in [0.717, 1.165) is 37.0 Å². The van der Waals surface area contributed by atoms with Gasteiger partial charge in [0.15, 0.2) is 0 Å². The van der Waals surface area contributed by atoms with Crippen LogP contribution < -0.4 is 4.74 Å². The topological polar surface area (TPSA) is 81.6 Å². The van der Waals surface area contributed by atoms with Gasteiger partial charge in [0.25, 0.3) is 11.8 Å². The minimum absolute atomic E-state index is 0.0492. The number of unbranched alkanes of at least 4 members (excludes halogenated alkanes) is 1. The van der Waals surface area contributed by atoms with Crippen LogP contribution in [0.25, 0.3) is 11.5 Å². The summed E-state index contributed by atoms with van der Waals surface area (Å²) in [5.41, 5.74) is 1.46. The minimum Gasteiger partial charge on any atom is -0.494 e. The third kappa shape index (κ3) is 4.50. The fourth-order valence-corrected chi connectivity index (χ4v) is 3.44. The molecule has 7 nitrogen and oxygen atoms in total. The third-order valence-corrected chi connectivity index (χ3v) is 5.21. The number of amides is 1. The van der Waals surface area contributed by atoms with Crippen LogP contribution in [-0.4, -0.2) is 40.7 Å². The van der Waals surface area contributed by atoms with Gasteiger partial charge >= 0.3 is 0 Å². The molecule has 4 rings (SSSR count). The first-order chi connectivity index (χ1) is 14.2. The van der Waals surface area contributed by atoms with E-state index in [1.807, 2.05) is 29.2 Å². The van der Waals surface area contributed by atoms with E-state index in [1.54, 1.807) is 18.6 Å². The maximum Gasteiger partial charge on any atom is 0.253 e. The molecule has 0 atom stereocenters. The number of carbonyl (C=O) groups is 1. The van der Waals surface area contributed by atoms with Crippen molar-refractivity contribution < 1.29 is 18.4 Å². The Morgan fingerprint density at radius 1 is 1.17 bits per heavy atom. The lowest BCUT2D eigenvalue weighted by molar-refractivity contribution is 0.0706. The molecule has 1 saturated heterocycles. The van der Waals surface area contributed by atoms with Gasteiger partial charge in [-0.1, -0.05) is 13.3 Å². The van der Waals surface area contributed by atoms with Crippen LogP contribution in [0.2, 0.25) is 0 Å². The summed E-state index contributed by atoms with van der Waals surface area (Å²) in [6.45, 7) is 4.17.